The van der Waals surface area contributed by atoms with Gasteiger partial charge >= 0.3 is 0 Å². The highest BCUT2D eigenvalue weighted by molar-refractivity contribution is 5.22. The lowest BCUT2D eigenvalue weighted by Gasteiger charge is -1.88. The molecule has 0 bridgehead atoms. The van der Waals surface area contributed by atoms with E-state index in [1.165, 1.54) is 12.4 Å². The summed E-state index contributed by atoms with van der Waals surface area (Å²) in [4.78, 5) is 7.58. The Morgan fingerprint density at radius 1 is 1.50 bits per heavy atom. The molecule has 4 nitrogen and oxygen atoms in total. The SMILES string of the molecule is CNCC#Cc1ncc(O)cn1. The van der Waals surface area contributed by atoms with Crippen molar-refractivity contribution in [2.45, 2.75) is 0 Å². The number of rotatable bonds is 1. The van der Waals surface area contributed by atoms with Crippen LogP contribution >= 0.6 is 0 Å². The zero-order valence-corrected chi connectivity index (χ0v) is 6.70. The van der Waals surface area contributed by atoms with Gasteiger partial charge in [-0.15, -0.1) is 0 Å². The van der Waals surface area contributed by atoms with Crippen LogP contribution in [-0.2, 0) is 0 Å². The van der Waals surface area contributed by atoms with Gasteiger partial charge in [0.2, 0.25) is 5.82 Å². The summed E-state index contributed by atoms with van der Waals surface area (Å²) in [7, 11) is 1.81. The lowest BCUT2D eigenvalue weighted by atomic mass is 10.5. The first-order valence-electron chi connectivity index (χ1n) is 3.47. The fraction of sp³-hybridized carbons (Fsp3) is 0.250. The van der Waals surface area contributed by atoms with Gasteiger partial charge in [-0.3, -0.25) is 0 Å². The Morgan fingerprint density at radius 2 is 2.17 bits per heavy atom. The molecule has 0 atom stereocenters. The Balaban J connectivity index is 2.66. The van der Waals surface area contributed by atoms with E-state index in [1.807, 2.05) is 7.05 Å². The Kier molecular flexibility index (Phi) is 3.05. The number of nitrogens with zero attached hydrogens (tertiary/aromatic N) is 2. The summed E-state index contributed by atoms with van der Waals surface area (Å²) in [6, 6.07) is 0. The molecule has 0 amide bonds. The zero-order valence-electron chi connectivity index (χ0n) is 6.70. The minimum Gasteiger partial charge on any atom is -0.505 e. The van der Waals surface area contributed by atoms with Gasteiger partial charge in [-0.05, 0) is 13.0 Å². The van der Waals surface area contributed by atoms with Crippen molar-refractivity contribution in [3.05, 3.63) is 18.2 Å². The Labute approximate surface area is 70.7 Å². The number of aromatic nitrogens is 2. The maximum atomic E-state index is 8.84. The molecule has 1 heterocycles. The average Bonchev–Trinajstić information content (AvgIpc) is 2.09. The molecule has 0 aliphatic carbocycles. The highest BCUT2D eigenvalue weighted by Gasteiger charge is 1.89. The summed E-state index contributed by atoms with van der Waals surface area (Å²) in [5.74, 6) is 6.00. The summed E-state index contributed by atoms with van der Waals surface area (Å²) in [6.45, 7) is 0.601. The van der Waals surface area contributed by atoms with E-state index in [2.05, 4.69) is 27.1 Å². The molecule has 1 rings (SSSR count). The average molecular weight is 163 g/mol. The minimum absolute atomic E-state index is 0.0502. The monoisotopic (exact) mass is 163 g/mol. The molecule has 12 heavy (non-hydrogen) atoms. The molecule has 2 N–H and O–H groups in total. The van der Waals surface area contributed by atoms with Crippen LogP contribution in [0.3, 0.4) is 0 Å². The normalized spacial score (nSPS) is 8.75. The maximum Gasteiger partial charge on any atom is 0.205 e. The molecule has 0 saturated carbocycles. The number of nitrogens with one attached hydrogen (secondary N) is 1. The van der Waals surface area contributed by atoms with Crippen LogP contribution in [0.4, 0.5) is 0 Å². The quantitative estimate of drug-likeness (QED) is 0.561. The van der Waals surface area contributed by atoms with Crippen LogP contribution in [0, 0.1) is 11.8 Å². The van der Waals surface area contributed by atoms with Crippen LogP contribution in [0.1, 0.15) is 5.82 Å². The van der Waals surface area contributed by atoms with Gasteiger partial charge in [-0.25, -0.2) is 9.97 Å². The number of hydrogen-bond donors (Lipinski definition) is 2. The van der Waals surface area contributed by atoms with Crippen LogP contribution in [0.15, 0.2) is 12.4 Å². The van der Waals surface area contributed by atoms with Gasteiger partial charge in [0.1, 0.15) is 0 Å². The summed E-state index contributed by atoms with van der Waals surface area (Å²) in [5, 5.41) is 11.7. The standard InChI is InChI=1S/C8H9N3O/c1-9-4-2-3-8-10-5-7(12)6-11-8/h5-6,9,12H,4H2,1H3. The summed E-state index contributed by atoms with van der Waals surface area (Å²) in [6.07, 6.45) is 2.63. The molecule has 0 saturated heterocycles. The van der Waals surface area contributed by atoms with E-state index in [0.717, 1.165) is 0 Å². The molecular weight excluding hydrogens is 154 g/mol. The van der Waals surface area contributed by atoms with Gasteiger partial charge in [0, 0.05) is 0 Å². The van der Waals surface area contributed by atoms with E-state index < -0.39 is 0 Å². The first kappa shape index (κ1) is 8.50. The third kappa shape index (κ3) is 2.56. The van der Waals surface area contributed by atoms with E-state index in [-0.39, 0.29) is 5.75 Å². The Bertz CT molecular complexity index is 296. The van der Waals surface area contributed by atoms with Crippen molar-refractivity contribution >= 4 is 0 Å². The molecule has 0 radical (unpaired) electrons. The van der Waals surface area contributed by atoms with E-state index in [0.29, 0.717) is 12.4 Å². The number of hydrogen-bond acceptors (Lipinski definition) is 4. The van der Waals surface area contributed by atoms with Gasteiger partial charge < -0.3 is 10.4 Å². The van der Waals surface area contributed by atoms with E-state index >= 15 is 0 Å². The van der Waals surface area contributed by atoms with Crippen molar-refractivity contribution in [3.8, 4) is 17.6 Å². The van der Waals surface area contributed by atoms with Crippen molar-refractivity contribution in [1.82, 2.24) is 15.3 Å². The highest BCUT2D eigenvalue weighted by atomic mass is 16.3. The largest absolute Gasteiger partial charge is 0.505 e. The summed E-state index contributed by atoms with van der Waals surface area (Å²) >= 11 is 0. The van der Waals surface area contributed by atoms with Crippen LogP contribution in [-0.4, -0.2) is 28.7 Å². The highest BCUT2D eigenvalue weighted by Crippen LogP contribution is 2.00. The van der Waals surface area contributed by atoms with Crippen molar-refractivity contribution in [2.75, 3.05) is 13.6 Å². The first-order chi connectivity index (χ1) is 5.83. The molecule has 0 aromatic carbocycles. The van der Waals surface area contributed by atoms with E-state index in [9.17, 15) is 0 Å². The minimum atomic E-state index is 0.0502. The van der Waals surface area contributed by atoms with Crippen LogP contribution in [0.5, 0.6) is 5.75 Å². The second-order valence-corrected chi connectivity index (χ2v) is 2.10. The van der Waals surface area contributed by atoms with Gasteiger partial charge in [0.25, 0.3) is 0 Å². The summed E-state index contributed by atoms with van der Waals surface area (Å²) in [5.41, 5.74) is 0. The molecule has 1 aromatic heterocycles. The third-order valence-corrected chi connectivity index (χ3v) is 1.10. The van der Waals surface area contributed by atoms with Gasteiger partial charge in [-0.2, -0.15) is 0 Å². The van der Waals surface area contributed by atoms with E-state index in [4.69, 9.17) is 5.11 Å². The number of aromatic hydroxyl groups is 1. The van der Waals surface area contributed by atoms with Gasteiger partial charge in [0.15, 0.2) is 5.75 Å². The molecule has 4 heteroatoms. The molecular formula is C8H9N3O. The lowest BCUT2D eigenvalue weighted by Crippen LogP contribution is -2.04. The van der Waals surface area contributed by atoms with Crippen LogP contribution in [0.2, 0.25) is 0 Å². The smallest absolute Gasteiger partial charge is 0.205 e. The van der Waals surface area contributed by atoms with Crippen molar-refractivity contribution in [2.24, 2.45) is 0 Å². The van der Waals surface area contributed by atoms with Gasteiger partial charge in [0.05, 0.1) is 18.9 Å². The molecule has 0 unspecified atom stereocenters. The predicted molar refractivity (Wildman–Crippen MR) is 44.5 cm³/mol. The molecule has 0 aliphatic rings. The van der Waals surface area contributed by atoms with Crippen molar-refractivity contribution in [3.63, 3.8) is 0 Å². The Morgan fingerprint density at radius 3 is 2.75 bits per heavy atom. The van der Waals surface area contributed by atoms with Gasteiger partial charge in [-0.1, -0.05) is 5.92 Å². The fourth-order valence-corrected chi connectivity index (χ4v) is 0.597. The lowest BCUT2D eigenvalue weighted by molar-refractivity contribution is 0.469. The topological polar surface area (TPSA) is 58.0 Å². The molecule has 0 spiro atoms. The molecule has 0 fully saturated rings. The molecule has 62 valence electrons. The first-order valence-corrected chi connectivity index (χ1v) is 3.47. The second-order valence-electron chi connectivity index (χ2n) is 2.10. The predicted octanol–water partition coefficient (Wildman–Crippen LogP) is -0.247. The Hall–Kier alpha value is -1.60. The third-order valence-electron chi connectivity index (χ3n) is 1.10. The molecule has 1 aromatic rings. The van der Waals surface area contributed by atoms with Crippen LogP contribution < -0.4 is 5.32 Å². The maximum absolute atomic E-state index is 8.84. The molecule has 0 aliphatic heterocycles. The zero-order chi connectivity index (χ0) is 8.81. The van der Waals surface area contributed by atoms with Crippen molar-refractivity contribution < 1.29 is 5.11 Å². The fourth-order valence-electron chi connectivity index (χ4n) is 0.597. The van der Waals surface area contributed by atoms with Crippen LogP contribution in [0.25, 0.3) is 0 Å². The second kappa shape index (κ2) is 4.31. The van der Waals surface area contributed by atoms with Crippen molar-refractivity contribution in [1.29, 1.82) is 0 Å². The summed E-state index contributed by atoms with van der Waals surface area (Å²) < 4.78 is 0. The van der Waals surface area contributed by atoms with E-state index in [1.54, 1.807) is 0 Å².